The minimum absolute atomic E-state index is 0.121. The Morgan fingerprint density at radius 2 is 2.10 bits per heavy atom. The average molecular weight is 290 g/mol. The van der Waals surface area contributed by atoms with Crippen LogP contribution in [0.1, 0.15) is 23.1 Å². The van der Waals surface area contributed by atoms with Crippen LogP contribution in [0.3, 0.4) is 0 Å². The van der Waals surface area contributed by atoms with E-state index in [0.29, 0.717) is 6.04 Å². The summed E-state index contributed by atoms with van der Waals surface area (Å²) in [5, 5.41) is 0. The van der Waals surface area contributed by atoms with Crippen molar-refractivity contribution in [2.45, 2.75) is 38.9 Å². The number of likely N-dealkylation sites (tertiary alicyclic amines) is 1. The summed E-state index contributed by atoms with van der Waals surface area (Å²) in [6, 6.07) is 6.77. The fourth-order valence-electron chi connectivity index (χ4n) is 3.05. The Bertz CT molecular complexity index is 514. The predicted octanol–water partition coefficient (Wildman–Crippen LogP) is 1.98. The summed E-state index contributed by atoms with van der Waals surface area (Å²) in [7, 11) is 5.61. The highest BCUT2D eigenvalue weighted by Crippen LogP contribution is 2.25. The summed E-state index contributed by atoms with van der Waals surface area (Å²) >= 11 is 0. The molecule has 0 amide bonds. The summed E-state index contributed by atoms with van der Waals surface area (Å²) in [6.07, 6.45) is 0.838. The fraction of sp³-hybridized carbons (Fsp3) is 0.588. The zero-order valence-corrected chi connectivity index (χ0v) is 13.7. The maximum atomic E-state index is 12.0. The largest absolute Gasteiger partial charge is 0.468 e. The van der Waals surface area contributed by atoms with Gasteiger partial charge in [0.25, 0.3) is 0 Å². The molecule has 0 radical (unpaired) electrons. The number of hydrogen-bond acceptors (Lipinski definition) is 4. The van der Waals surface area contributed by atoms with Crippen LogP contribution >= 0.6 is 0 Å². The number of carbonyl (C=O) groups excluding carboxylic acids is 1. The number of hydrogen-bond donors (Lipinski definition) is 0. The molecule has 116 valence electrons. The molecule has 1 aromatic carbocycles. The van der Waals surface area contributed by atoms with Crippen molar-refractivity contribution in [1.29, 1.82) is 0 Å². The first-order valence-corrected chi connectivity index (χ1v) is 7.46. The van der Waals surface area contributed by atoms with Crippen LogP contribution in [0.2, 0.25) is 0 Å². The van der Waals surface area contributed by atoms with Gasteiger partial charge < -0.3 is 9.64 Å². The molecule has 1 aliphatic rings. The zero-order chi connectivity index (χ0) is 15.6. The molecule has 0 bridgehead atoms. The number of carbonyl (C=O) groups is 1. The van der Waals surface area contributed by atoms with E-state index < -0.39 is 0 Å². The Labute approximate surface area is 127 Å². The molecule has 2 rings (SSSR count). The number of likely N-dealkylation sites (N-methyl/N-ethyl adjacent to an activating group) is 1. The second-order valence-corrected chi connectivity index (χ2v) is 6.25. The van der Waals surface area contributed by atoms with Gasteiger partial charge in [-0.2, -0.15) is 0 Å². The summed E-state index contributed by atoms with van der Waals surface area (Å²) < 4.78 is 4.98. The van der Waals surface area contributed by atoms with E-state index >= 15 is 0 Å². The van der Waals surface area contributed by atoms with Crippen molar-refractivity contribution >= 4 is 5.97 Å². The number of methoxy groups -OCH3 is 1. The molecule has 1 fully saturated rings. The molecule has 21 heavy (non-hydrogen) atoms. The topological polar surface area (TPSA) is 32.8 Å². The van der Waals surface area contributed by atoms with Crippen molar-refractivity contribution in [1.82, 2.24) is 9.80 Å². The van der Waals surface area contributed by atoms with E-state index in [0.717, 1.165) is 19.5 Å². The van der Waals surface area contributed by atoms with Gasteiger partial charge in [-0.15, -0.1) is 0 Å². The van der Waals surface area contributed by atoms with Crippen LogP contribution < -0.4 is 0 Å². The minimum Gasteiger partial charge on any atom is -0.468 e. The van der Waals surface area contributed by atoms with E-state index in [4.69, 9.17) is 4.74 Å². The third-order valence-corrected chi connectivity index (χ3v) is 4.46. The summed E-state index contributed by atoms with van der Waals surface area (Å²) in [4.78, 5) is 16.5. The highest BCUT2D eigenvalue weighted by Gasteiger charge is 2.38. The molecule has 0 aliphatic carbocycles. The van der Waals surface area contributed by atoms with Crippen LogP contribution in [-0.2, 0) is 16.1 Å². The van der Waals surface area contributed by atoms with E-state index in [1.807, 2.05) is 0 Å². The van der Waals surface area contributed by atoms with Crippen molar-refractivity contribution in [2.24, 2.45) is 0 Å². The van der Waals surface area contributed by atoms with Crippen LogP contribution in [0.25, 0.3) is 0 Å². The molecule has 0 spiro atoms. The van der Waals surface area contributed by atoms with Gasteiger partial charge in [-0.3, -0.25) is 9.69 Å². The first kappa shape index (κ1) is 16.0. The van der Waals surface area contributed by atoms with Crippen molar-refractivity contribution in [3.63, 3.8) is 0 Å². The Morgan fingerprint density at radius 1 is 1.38 bits per heavy atom. The molecule has 1 heterocycles. The van der Waals surface area contributed by atoms with Crippen molar-refractivity contribution in [2.75, 3.05) is 27.7 Å². The van der Waals surface area contributed by atoms with Crippen LogP contribution in [0.5, 0.6) is 0 Å². The maximum Gasteiger partial charge on any atom is 0.323 e. The Balaban J connectivity index is 2.17. The number of aryl methyl sites for hydroxylation is 2. The summed E-state index contributed by atoms with van der Waals surface area (Å²) in [5.41, 5.74) is 3.84. The Morgan fingerprint density at radius 3 is 2.67 bits per heavy atom. The molecule has 0 saturated carbocycles. The number of nitrogens with zero attached hydrogens (tertiary/aromatic N) is 2. The molecule has 4 heteroatoms. The third kappa shape index (κ3) is 3.63. The van der Waals surface area contributed by atoms with E-state index in [2.05, 4.69) is 55.9 Å². The zero-order valence-electron chi connectivity index (χ0n) is 13.7. The van der Waals surface area contributed by atoms with Crippen molar-refractivity contribution in [3.8, 4) is 0 Å². The van der Waals surface area contributed by atoms with Gasteiger partial charge in [0.15, 0.2) is 0 Å². The molecule has 4 nitrogen and oxygen atoms in total. The number of ether oxygens (including phenoxy) is 1. The lowest BCUT2D eigenvalue weighted by Crippen LogP contribution is -2.36. The lowest BCUT2D eigenvalue weighted by molar-refractivity contribution is -0.146. The molecular weight excluding hydrogens is 264 g/mol. The second-order valence-electron chi connectivity index (χ2n) is 6.25. The molecule has 1 saturated heterocycles. The molecule has 2 atom stereocenters. The SMILES string of the molecule is COC(=O)[C@@H]1C[C@@H](N(C)C)CN1Cc1ccc(C)cc1C. The van der Waals surface area contributed by atoms with Gasteiger partial charge in [0.1, 0.15) is 6.04 Å². The van der Waals surface area contributed by atoms with Gasteiger partial charge in [0.05, 0.1) is 7.11 Å². The number of esters is 1. The van der Waals surface area contributed by atoms with Gasteiger partial charge in [-0.05, 0) is 45.5 Å². The number of rotatable bonds is 4. The van der Waals surface area contributed by atoms with Crippen LogP contribution in [-0.4, -0.2) is 55.6 Å². The van der Waals surface area contributed by atoms with Crippen molar-refractivity contribution in [3.05, 3.63) is 34.9 Å². The van der Waals surface area contributed by atoms with Crippen LogP contribution in [0.15, 0.2) is 18.2 Å². The van der Waals surface area contributed by atoms with E-state index in [-0.39, 0.29) is 12.0 Å². The molecule has 1 aliphatic heterocycles. The normalized spacial score (nSPS) is 22.8. The Kier molecular flexibility index (Phi) is 5.01. The van der Waals surface area contributed by atoms with E-state index in [1.54, 1.807) is 0 Å². The van der Waals surface area contributed by atoms with Crippen LogP contribution in [0.4, 0.5) is 0 Å². The van der Waals surface area contributed by atoms with E-state index in [1.165, 1.54) is 23.8 Å². The van der Waals surface area contributed by atoms with Gasteiger partial charge in [-0.25, -0.2) is 0 Å². The standard InChI is InChI=1S/C17H26N2O2/c1-12-6-7-14(13(2)8-12)10-19-11-15(18(3)4)9-16(19)17(20)21-5/h6-8,15-16H,9-11H2,1-5H3/t15-,16+/m1/s1. The van der Waals surface area contributed by atoms with Crippen LogP contribution in [0, 0.1) is 13.8 Å². The Hall–Kier alpha value is -1.39. The fourth-order valence-corrected chi connectivity index (χ4v) is 3.05. The average Bonchev–Trinajstić information content (AvgIpc) is 2.85. The van der Waals surface area contributed by atoms with Crippen molar-refractivity contribution < 1.29 is 9.53 Å². The van der Waals surface area contributed by atoms with Gasteiger partial charge in [0, 0.05) is 19.1 Å². The highest BCUT2D eigenvalue weighted by molar-refractivity contribution is 5.76. The maximum absolute atomic E-state index is 12.0. The smallest absolute Gasteiger partial charge is 0.323 e. The molecule has 0 aromatic heterocycles. The quantitative estimate of drug-likeness (QED) is 0.794. The lowest BCUT2D eigenvalue weighted by Gasteiger charge is -2.23. The molecular formula is C17H26N2O2. The monoisotopic (exact) mass is 290 g/mol. The first-order chi connectivity index (χ1) is 9.92. The summed E-state index contributed by atoms with van der Waals surface area (Å²) in [6.45, 7) is 5.94. The van der Waals surface area contributed by atoms with Gasteiger partial charge >= 0.3 is 5.97 Å². The lowest BCUT2D eigenvalue weighted by atomic mass is 10.0. The minimum atomic E-state index is -0.136. The van der Waals surface area contributed by atoms with E-state index in [9.17, 15) is 4.79 Å². The molecule has 0 N–H and O–H groups in total. The number of benzene rings is 1. The second kappa shape index (κ2) is 6.58. The first-order valence-electron chi connectivity index (χ1n) is 7.46. The predicted molar refractivity (Wildman–Crippen MR) is 84.2 cm³/mol. The van der Waals surface area contributed by atoms with Gasteiger partial charge in [-0.1, -0.05) is 23.8 Å². The molecule has 1 aromatic rings. The highest BCUT2D eigenvalue weighted by atomic mass is 16.5. The third-order valence-electron chi connectivity index (χ3n) is 4.46. The molecule has 0 unspecified atom stereocenters. The van der Waals surface area contributed by atoms with Gasteiger partial charge in [0.2, 0.25) is 0 Å². The summed E-state index contributed by atoms with van der Waals surface area (Å²) in [5.74, 6) is -0.121.